The summed E-state index contributed by atoms with van der Waals surface area (Å²) in [5.74, 6) is 0. The van der Waals surface area contributed by atoms with Crippen LogP contribution in [0.3, 0.4) is 0 Å². The molecule has 0 fully saturated rings. The van der Waals surface area contributed by atoms with E-state index < -0.39 is 35.4 Å². The molecule has 0 bridgehead atoms. The molecule has 0 unspecified atom stereocenters. The largest absolute Gasteiger partial charge is 0.399 e. The number of hydrogen-bond acceptors (Lipinski definition) is 6. The summed E-state index contributed by atoms with van der Waals surface area (Å²) in [5, 5.41) is 27.4. The predicted molar refractivity (Wildman–Crippen MR) is 72.9 cm³/mol. The van der Waals surface area contributed by atoms with E-state index in [1.807, 2.05) is 0 Å². The number of hydrogen-bond donors (Lipinski definition) is 5. The van der Waals surface area contributed by atoms with Gasteiger partial charge in [0.25, 0.3) is 0 Å². The summed E-state index contributed by atoms with van der Waals surface area (Å²) in [7, 11) is -4.03. The molecule has 0 spiro atoms. The molecule has 7 nitrogen and oxygen atoms in total. The first-order valence-corrected chi connectivity index (χ1v) is 7.49. The van der Waals surface area contributed by atoms with Gasteiger partial charge < -0.3 is 21.1 Å². The molecule has 0 amide bonds. The van der Waals surface area contributed by atoms with Crippen LogP contribution in [0.5, 0.6) is 0 Å². The van der Waals surface area contributed by atoms with Gasteiger partial charge in [0.2, 0.25) is 10.0 Å². The fourth-order valence-electron chi connectivity index (χ4n) is 1.32. The van der Waals surface area contributed by atoms with Crippen LogP contribution in [0.2, 0.25) is 0 Å². The number of rotatable bonds is 6. The predicted octanol–water partition coefficient (Wildman–Crippen LogP) is -0.975. The zero-order valence-electron chi connectivity index (χ0n) is 9.88. The highest BCUT2D eigenvalue weighted by molar-refractivity contribution is 9.10. The molecular formula is C10H15BrN2O5S. The van der Waals surface area contributed by atoms with Gasteiger partial charge in [0.15, 0.2) is 0 Å². The van der Waals surface area contributed by atoms with Gasteiger partial charge in [0.1, 0.15) is 5.54 Å². The molecule has 0 heterocycles. The summed E-state index contributed by atoms with van der Waals surface area (Å²) >= 11 is 3.07. The average Bonchev–Trinajstić information content (AvgIpc) is 2.35. The minimum atomic E-state index is -4.03. The van der Waals surface area contributed by atoms with E-state index in [9.17, 15) is 8.42 Å². The van der Waals surface area contributed by atoms with Gasteiger partial charge in [-0.25, -0.2) is 8.42 Å². The summed E-state index contributed by atoms with van der Waals surface area (Å²) in [6, 6.07) is 4.09. The maximum atomic E-state index is 12.1. The maximum absolute atomic E-state index is 12.1. The fourth-order valence-corrected chi connectivity index (χ4v) is 3.79. The van der Waals surface area contributed by atoms with E-state index in [0.29, 0.717) is 5.69 Å². The number of halogens is 1. The first-order chi connectivity index (χ1) is 8.80. The summed E-state index contributed by atoms with van der Waals surface area (Å²) in [5.41, 5.74) is 4.17. The Morgan fingerprint density at radius 2 is 1.74 bits per heavy atom. The van der Waals surface area contributed by atoms with Crippen LogP contribution >= 0.6 is 15.9 Å². The Balaban J connectivity index is 3.17. The first kappa shape index (κ1) is 16.3. The zero-order chi connectivity index (χ0) is 14.7. The molecular weight excluding hydrogens is 340 g/mol. The van der Waals surface area contributed by atoms with Crippen molar-refractivity contribution in [3.8, 4) is 0 Å². The second kappa shape index (κ2) is 6.16. The van der Waals surface area contributed by atoms with Crippen molar-refractivity contribution in [1.29, 1.82) is 0 Å². The lowest BCUT2D eigenvalue weighted by Crippen LogP contribution is -2.56. The lowest BCUT2D eigenvalue weighted by molar-refractivity contribution is 0.0582. The molecule has 9 heteroatoms. The van der Waals surface area contributed by atoms with Crippen LogP contribution in [0.1, 0.15) is 0 Å². The van der Waals surface area contributed by atoms with Crippen LogP contribution in [0.15, 0.2) is 27.6 Å². The third kappa shape index (κ3) is 3.65. The van der Waals surface area contributed by atoms with Gasteiger partial charge in [-0.2, -0.15) is 4.72 Å². The molecule has 0 atom stereocenters. The number of benzene rings is 1. The van der Waals surface area contributed by atoms with E-state index in [2.05, 4.69) is 20.7 Å². The second-order valence-corrected chi connectivity index (χ2v) is 6.56. The van der Waals surface area contributed by atoms with Crippen molar-refractivity contribution in [2.45, 2.75) is 10.4 Å². The highest BCUT2D eigenvalue weighted by atomic mass is 79.9. The van der Waals surface area contributed by atoms with Gasteiger partial charge in [-0.15, -0.1) is 0 Å². The quantitative estimate of drug-likeness (QED) is 0.417. The Kier molecular flexibility index (Phi) is 5.30. The Hall–Kier alpha value is -0.710. The molecule has 1 aromatic carbocycles. The molecule has 0 saturated carbocycles. The lowest BCUT2D eigenvalue weighted by Gasteiger charge is -2.28. The van der Waals surface area contributed by atoms with Crippen molar-refractivity contribution in [3.63, 3.8) is 0 Å². The number of sulfonamides is 1. The van der Waals surface area contributed by atoms with Gasteiger partial charge in [0.05, 0.1) is 24.7 Å². The SMILES string of the molecule is Nc1ccc(S(=O)(=O)NC(CO)(CO)CO)c(Br)c1. The third-order valence-corrected chi connectivity index (χ3v) is 5.06. The standard InChI is InChI=1S/C10H15BrN2O5S/c11-8-3-7(12)1-2-9(8)19(17,18)13-10(4-14,5-15)6-16/h1-3,13-16H,4-6,12H2. The van der Waals surface area contributed by atoms with Crippen LogP contribution in [0.4, 0.5) is 5.69 Å². The highest BCUT2D eigenvalue weighted by Crippen LogP contribution is 2.25. The van der Waals surface area contributed by atoms with Crippen LogP contribution in [-0.2, 0) is 10.0 Å². The lowest BCUT2D eigenvalue weighted by atomic mass is 10.1. The van der Waals surface area contributed by atoms with Crippen LogP contribution in [0, 0.1) is 0 Å². The molecule has 1 aromatic rings. The molecule has 0 aromatic heterocycles. The van der Waals surface area contributed by atoms with Crippen LogP contribution in [0.25, 0.3) is 0 Å². The molecule has 0 aliphatic heterocycles. The van der Waals surface area contributed by atoms with E-state index in [1.165, 1.54) is 18.2 Å². The Morgan fingerprint density at radius 3 is 2.16 bits per heavy atom. The van der Waals surface area contributed by atoms with E-state index in [0.717, 1.165) is 0 Å². The number of aliphatic hydroxyl groups excluding tert-OH is 3. The number of nitrogen functional groups attached to an aromatic ring is 1. The number of nitrogens with two attached hydrogens (primary N) is 1. The first-order valence-electron chi connectivity index (χ1n) is 5.22. The molecule has 0 aliphatic carbocycles. The molecule has 0 saturated heterocycles. The number of nitrogens with one attached hydrogen (secondary N) is 1. The normalized spacial score (nSPS) is 12.6. The highest BCUT2D eigenvalue weighted by Gasteiger charge is 2.34. The van der Waals surface area contributed by atoms with E-state index in [4.69, 9.17) is 21.1 Å². The van der Waals surface area contributed by atoms with Gasteiger partial charge in [0, 0.05) is 10.2 Å². The van der Waals surface area contributed by atoms with Gasteiger partial charge in [-0.1, -0.05) is 0 Å². The smallest absolute Gasteiger partial charge is 0.242 e. The van der Waals surface area contributed by atoms with Crippen molar-refractivity contribution in [1.82, 2.24) is 4.72 Å². The molecule has 19 heavy (non-hydrogen) atoms. The molecule has 0 aliphatic rings. The Bertz CT molecular complexity index is 537. The van der Waals surface area contributed by atoms with Crippen molar-refractivity contribution in [2.24, 2.45) is 0 Å². The van der Waals surface area contributed by atoms with E-state index in [1.54, 1.807) is 0 Å². The second-order valence-electron chi connectivity index (χ2n) is 4.05. The molecule has 108 valence electrons. The fraction of sp³-hybridized carbons (Fsp3) is 0.400. The van der Waals surface area contributed by atoms with Gasteiger partial charge in [-0.3, -0.25) is 0 Å². The van der Waals surface area contributed by atoms with Crippen LogP contribution < -0.4 is 10.5 Å². The van der Waals surface area contributed by atoms with E-state index in [-0.39, 0.29) is 9.37 Å². The topological polar surface area (TPSA) is 133 Å². The van der Waals surface area contributed by atoms with Crippen molar-refractivity contribution < 1.29 is 23.7 Å². The van der Waals surface area contributed by atoms with E-state index >= 15 is 0 Å². The maximum Gasteiger partial charge on any atom is 0.242 e. The molecule has 6 N–H and O–H groups in total. The van der Waals surface area contributed by atoms with Crippen molar-refractivity contribution in [3.05, 3.63) is 22.7 Å². The van der Waals surface area contributed by atoms with Gasteiger partial charge in [-0.05, 0) is 34.1 Å². The molecule has 0 radical (unpaired) electrons. The Morgan fingerprint density at radius 1 is 1.21 bits per heavy atom. The van der Waals surface area contributed by atoms with Crippen LogP contribution in [-0.4, -0.2) is 49.1 Å². The zero-order valence-corrected chi connectivity index (χ0v) is 12.3. The average molecular weight is 355 g/mol. The third-order valence-electron chi connectivity index (χ3n) is 2.50. The minimum absolute atomic E-state index is 0.110. The number of aliphatic hydroxyl groups is 3. The minimum Gasteiger partial charge on any atom is -0.399 e. The summed E-state index contributed by atoms with van der Waals surface area (Å²) in [6.45, 7) is -2.23. The monoisotopic (exact) mass is 354 g/mol. The van der Waals surface area contributed by atoms with Crippen molar-refractivity contribution in [2.75, 3.05) is 25.6 Å². The Labute approximate surface area is 119 Å². The van der Waals surface area contributed by atoms with Gasteiger partial charge >= 0.3 is 0 Å². The summed E-state index contributed by atoms with van der Waals surface area (Å²) in [4.78, 5) is -0.110. The summed E-state index contributed by atoms with van der Waals surface area (Å²) in [6.07, 6.45) is 0. The number of anilines is 1. The molecule has 1 rings (SSSR count). The summed E-state index contributed by atoms with van der Waals surface area (Å²) < 4.78 is 26.6. The van der Waals surface area contributed by atoms with Crippen molar-refractivity contribution >= 4 is 31.6 Å².